The molecule has 4 rings (SSSR count). The molecular weight excluding hydrogens is 620 g/mol. The van der Waals surface area contributed by atoms with E-state index in [-0.39, 0.29) is 18.3 Å². The SMILES string of the molecule is CC(C)(C)OC(=O)N=C(NC(=O)OC(C)(C)C)N1CCN(C2=CCC=C(/C(=C(/CCCO)c3ccccc3)c3ccc(O)cc3)C=C2)CC1. The number of phenols is 1. The number of aliphatic hydroxyl groups excluding tert-OH is 1. The number of carbonyl (C=O) groups is 2. The van der Waals surface area contributed by atoms with E-state index in [1.807, 2.05) is 35.2 Å². The summed E-state index contributed by atoms with van der Waals surface area (Å²) in [5.74, 6) is 0.297. The number of phenolic OH excluding ortho intramolecular Hbond substituents is 1. The zero-order valence-corrected chi connectivity index (χ0v) is 29.5. The summed E-state index contributed by atoms with van der Waals surface area (Å²) >= 11 is 0. The van der Waals surface area contributed by atoms with E-state index >= 15 is 0 Å². The van der Waals surface area contributed by atoms with Crippen molar-refractivity contribution in [1.82, 2.24) is 15.1 Å². The van der Waals surface area contributed by atoms with E-state index in [2.05, 4.69) is 51.6 Å². The number of aromatic hydroxyl groups is 1. The Morgan fingerprint density at radius 3 is 2.10 bits per heavy atom. The van der Waals surface area contributed by atoms with Crippen molar-refractivity contribution >= 4 is 29.3 Å². The maximum Gasteiger partial charge on any atom is 0.437 e. The second-order valence-corrected chi connectivity index (χ2v) is 14.0. The van der Waals surface area contributed by atoms with Crippen molar-refractivity contribution < 1.29 is 29.3 Å². The summed E-state index contributed by atoms with van der Waals surface area (Å²) in [7, 11) is 0. The molecule has 0 saturated carbocycles. The summed E-state index contributed by atoms with van der Waals surface area (Å²) in [6, 6.07) is 17.5. The number of aliphatic imine (C=N–C) groups is 1. The number of guanidine groups is 1. The van der Waals surface area contributed by atoms with Crippen LogP contribution in [-0.2, 0) is 9.47 Å². The van der Waals surface area contributed by atoms with E-state index in [1.165, 1.54) is 0 Å². The number of aliphatic hydroxyl groups is 1. The van der Waals surface area contributed by atoms with E-state index in [1.54, 1.807) is 53.7 Å². The highest BCUT2D eigenvalue weighted by molar-refractivity contribution is 6.00. The van der Waals surface area contributed by atoms with Gasteiger partial charge in [-0.3, -0.25) is 5.32 Å². The minimum atomic E-state index is -0.791. The zero-order valence-electron chi connectivity index (χ0n) is 29.5. The van der Waals surface area contributed by atoms with E-state index in [0.29, 0.717) is 45.4 Å². The Morgan fingerprint density at radius 2 is 1.49 bits per heavy atom. The number of hydrogen-bond donors (Lipinski definition) is 3. The van der Waals surface area contributed by atoms with Crippen LogP contribution in [0.2, 0.25) is 0 Å². The molecule has 0 spiro atoms. The van der Waals surface area contributed by atoms with Gasteiger partial charge in [0.1, 0.15) is 17.0 Å². The van der Waals surface area contributed by atoms with Gasteiger partial charge in [0.15, 0.2) is 0 Å². The second-order valence-electron chi connectivity index (χ2n) is 14.0. The fourth-order valence-corrected chi connectivity index (χ4v) is 5.61. The van der Waals surface area contributed by atoms with E-state index in [9.17, 15) is 19.8 Å². The van der Waals surface area contributed by atoms with Gasteiger partial charge >= 0.3 is 12.2 Å². The number of piperazine rings is 1. The van der Waals surface area contributed by atoms with Gasteiger partial charge in [-0.15, -0.1) is 4.99 Å². The molecule has 262 valence electrons. The molecule has 0 radical (unpaired) electrons. The molecule has 1 aliphatic carbocycles. The zero-order chi connectivity index (χ0) is 35.6. The predicted octanol–water partition coefficient (Wildman–Crippen LogP) is 7.28. The molecule has 1 heterocycles. The Balaban J connectivity index is 1.56. The van der Waals surface area contributed by atoms with Crippen molar-refractivity contribution in [3.8, 4) is 5.75 Å². The molecule has 49 heavy (non-hydrogen) atoms. The van der Waals surface area contributed by atoms with Gasteiger partial charge in [-0.05, 0) is 107 Å². The van der Waals surface area contributed by atoms with Crippen molar-refractivity contribution in [2.24, 2.45) is 4.99 Å². The van der Waals surface area contributed by atoms with E-state index in [0.717, 1.165) is 33.5 Å². The van der Waals surface area contributed by atoms with Gasteiger partial charge in [-0.2, -0.15) is 0 Å². The maximum atomic E-state index is 12.7. The lowest BCUT2D eigenvalue weighted by Gasteiger charge is -2.38. The van der Waals surface area contributed by atoms with Crippen LogP contribution >= 0.6 is 0 Å². The number of alkyl carbamates (subject to hydrolysis) is 1. The molecule has 1 saturated heterocycles. The Bertz CT molecular complexity index is 1600. The first kappa shape index (κ1) is 37.0. The first-order chi connectivity index (χ1) is 23.2. The van der Waals surface area contributed by atoms with Crippen molar-refractivity contribution in [2.45, 2.75) is 72.0 Å². The number of ether oxygens (including phenoxy) is 2. The number of rotatable bonds is 7. The monoisotopic (exact) mass is 670 g/mol. The maximum absolute atomic E-state index is 12.7. The quantitative estimate of drug-likeness (QED) is 0.160. The van der Waals surface area contributed by atoms with Gasteiger partial charge in [0.05, 0.1) is 0 Å². The van der Waals surface area contributed by atoms with Crippen molar-refractivity contribution in [2.75, 3.05) is 32.8 Å². The second kappa shape index (κ2) is 16.5. The standard InChI is InChI=1S/C39H50N4O6/c1-38(2,3)48-36(46)40-35(41-37(47)49-39(4,5)6)43-25-23-42(24-26-43)31-15-10-14-29(17-20-31)34(30-18-21-32(45)22-19-30)33(16-11-27-44)28-12-8-7-9-13-28/h7-9,12-15,17-22,44-45H,10-11,16,23-27H2,1-6H3,(H,40,41,46,47)/b34-33+. The molecule has 0 aromatic heterocycles. The summed E-state index contributed by atoms with van der Waals surface area (Å²) < 4.78 is 10.8. The molecule has 1 aliphatic heterocycles. The third kappa shape index (κ3) is 11.4. The molecule has 2 aromatic rings. The lowest BCUT2D eigenvalue weighted by atomic mass is 9.86. The Morgan fingerprint density at radius 1 is 0.837 bits per heavy atom. The highest BCUT2D eigenvalue weighted by Gasteiger charge is 2.27. The van der Waals surface area contributed by atoms with Gasteiger partial charge in [-0.1, -0.05) is 60.7 Å². The third-order valence-corrected chi connectivity index (χ3v) is 7.70. The normalized spacial score (nSPS) is 16.3. The fraction of sp³-hybridized carbons (Fsp3) is 0.410. The minimum Gasteiger partial charge on any atom is -0.508 e. The fourth-order valence-electron chi connectivity index (χ4n) is 5.61. The molecule has 3 N–H and O–H groups in total. The molecule has 2 aromatic carbocycles. The van der Waals surface area contributed by atoms with Crippen molar-refractivity contribution in [1.29, 1.82) is 0 Å². The van der Waals surface area contributed by atoms with Gasteiger partial charge < -0.3 is 29.5 Å². The van der Waals surface area contributed by atoms with Crippen LogP contribution in [0.5, 0.6) is 5.75 Å². The summed E-state index contributed by atoms with van der Waals surface area (Å²) in [4.78, 5) is 33.6. The molecule has 2 aliphatic rings. The summed E-state index contributed by atoms with van der Waals surface area (Å²) in [6.07, 6.45) is 9.18. The molecule has 2 amide bonds. The lowest BCUT2D eigenvalue weighted by molar-refractivity contribution is 0.0551. The highest BCUT2D eigenvalue weighted by Crippen LogP contribution is 2.37. The minimum absolute atomic E-state index is 0.0866. The average Bonchev–Trinajstić information content (AvgIpc) is 3.28. The van der Waals surface area contributed by atoms with Gasteiger partial charge in [0.25, 0.3) is 0 Å². The highest BCUT2D eigenvalue weighted by atomic mass is 16.6. The van der Waals surface area contributed by atoms with Crippen LogP contribution in [0.3, 0.4) is 0 Å². The molecule has 0 unspecified atom stereocenters. The number of allylic oxidation sites excluding steroid dienone is 7. The van der Waals surface area contributed by atoms with Crippen LogP contribution in [0.4, 0.5) is 9.59 Å². The van der Waals surface area contributed by atoms with E-state index in [4.69, 9.17) is 9.47 Å². The van der Waals surface area contributed by atoms with Crippen LogP contribution in [-0.4, -0.2) is 82.1 Å². The Hall–Kier alpha value is -4.83. The number of benzene rings is 2. The number of carbonyl (C=O) groups excluding carboxylic acids is 2. The predicted molar refractivity (Wildman–Crippen MR) is 194 cm³/mol. The largest absolute Gasteiger partial charge is 0.508 e. The topological polar surface area (TPSA) is 124 Å². The summed E-state index contributed by atoms with van der Waals surface area (Å²) in [6.45, 7) is 12.9. The Labute approximate surface area is 290 Å². The first-order valence-electron chi connectivity index (χ1n) is 16.8. The summed E-state index contributed by atoms with van der Waals surface area (Å²) in [5, 5.41) is 22.5. The molecular formula is C39H50N4O6. The smallest absolute Gasteiger partial charge is 0.437 e. The number of nitrogens with zero attached hydrogens (tertiary/aromatic N) is 3. The molecule has 10 nitrogen and oxygen atoms in total. The number of nitrogens with one attached hydrogen (secondary N) is 1. The third-order valence-electron chi connectivity index (χ3n) is 7.70. The van der Waals surface area contributed by atoms with Crippen LogP contribution < -0.4 is 5.32 Å². The van der Waals surface area contributed by atoms with Crippen LogP contribution in [0, 0.1) is 0 Å². The first-order valence-corrected chi connectivity index (χ1v) is 16.8. The molecule has 1 fully saturated rings. The molecule has 10 heteroatoms. The summed E-state index contributed by atoms with van der Waals surface area (Å²) in [5.41, 5.74) is 4.93. The van der Waals surface area contributed by atoms with Crippen LogP contribution in [0.25, 0.3) is 11.1 Å². The number of hydrogen-bond acceptors (Lipinski definition) is 7. The number of amides is 2. The van der Waals surface area contributed by atoms with Gasteiger partial charge in [-0.25, -0.2) is 9.59 Å². The van der Waals surface area contributed by atoms with Crippen molar-refractivity contribution in [3.63, 3.8) is 0 Å². The van der Waals surface area contributed by atoms with E-state index < -0.39 is 23.4 Å². The van der Waals surface area contributed by atoms with Gasteiger partial charge in [0.2, 0.25) is 5.96 Å². The average molecular weight is 671 g/mol. The van der Waals surface area contributed by atoms with Crippen LogP contribution in [0.15, 0.2) is 95.2 Å². The molecule has 0 atom stereocenters. The van der Waals surface area contributed by atoms with Gasteiger partial charge in [0, 0.05) is 38.5 Å². The lowest BCUT2D eigenvalue weighted by Crippen LogP contribution is -2.54. The van der Waals surface area contributed by atoms with Crippen LogP contribution in [0.1, 0.15) is 71.9 Å². The van der Waals surface area contributed by atoms with Crippen molar-refractivity contribution in [3.05, 3.63) is 101 Å². The molecule has 0 bridgehead atoms. The Kier molecular flexibility index (Phi) is 12.5.